The Morgan fingerprint density at radius 2 is 1.61 bits per heavy atom. The molecule has 0 aliphatic carbocycles. The molecule has 0 bridgehead atoms. The maximum Gasteiger partial charge on any atom is 0.306 e. The predicted octanol–water partition coefficient (Wildman–Crippen LogP) is 3.44. The highest BCUT2D eigenvalue weighted by Crippen LogP contribution is 2.33. The number of nitrogens with one attached hydrogen (secondary N) is 2. The van der Waals surface area contributed by atoms with Crippen molar-refractivity contribution in [2.24, 2.45) is 0 Å². The fourth-order valence-corrected chi connectivity index (χ4v) is 4.87. The first-order valence-corrected chi connectivity index (χ1v) is 14.4. The predicted molar refractivity (Wildman–Crippen MR) is 149 cm³/mol. The first-order valence-electron chi connectivity index (χ1n) is 14.4. The average molecular weight is 572 g/mol. The molecule has 1 unspecified atom stereocenters. The summed E-state index contributed by atoms with van der Waals surface area (Å²) in [6, 6.07) is 3.45. The van der Waals surface area contributed by atoms with Crippen molar-refractivity contribution in [2.75, 3.05) is 13.2 Å². The number of ether oxygens (including phenoxy) is 2. The van der Waals surface area contributed by atoms with Gasteiger partial charge in [0.15, 0.2) is 6.61 Å². The van der Waals surface area contributed by atoms with Gasteiger partial charge in [-0.1, -0.05) is 44.6 Å². The second kappa shape index (κ2) is 14.7. The molecule has 11 heteroatoms. The number of carbonyl (C=O) groups is 6. The standard InChI is InChI=1S/C30H41N3O8/c1-30(2,3)41-25(36)15-10-8-6-4-5-7-9-11-18-31-24(35)19-40-22-14-12-13-20-26(22)29(39)33(28(20)38)21-16-17-23(34)32-27(21)37/h12-14,21H,4-11,15-19H2,1-3H3,(H,31,35)(H,32,34,37). The SMILES string of the molecule is CC(C)(C)OC(=O)CCCCCCCCCCNC(=O)COc1cccc2c1C(=O)N(C1CCC(=O)NC1=O)C2=O. The molecule has 2 aliphatic heterocycles. The monoisotopic (exact) mass is 571 g/mol. The van der Waals surface area contributed by atoms with Gasteiger partial charge in [0, 0.05) is 19.4 Å². The molecule has 0 spiro atoms. The van der Waals surface area contributed by atoms with Gasteiger partial charge in [0.1, 0.15) is 17.4 Å². The van der Waals surface area contributed by atoms with Gasteiger partial charge in [-0.15, -0.1) is 0 Å². The summed E-state index contributed by atoms with van der Waals surface area (Å²) < 4.78 is 10.9. The lowest BCUT2D eigenvalue weighted by atomic mass is 10.0. The zero-order chi connectivity index (χ0) is 30.0. The summed E-state index contributed by atoms with van der Waals surface area (Å²) in [6.45, 7) is 5.79. The summed E-state index contributed by atoms with van der Waals surface area (Å²) in [6.07, 6.45) is 8.58. The van der Waals surface area contributed by atoms with Crippen molar-refractivity contribution in [3.8, 4) is 5.75 Å². The quantitative estimate of drug-likeness (QED) is 0.185. The number of nitrogens with zero attached hydrogens (tertiary/aromatic N) is 1. The van der Waals surface area contributed by atoms with Crippen LogP contribution < -0.4 is 15.4 Å². The largest absolute Gasteiger partial charge is 0.483 e. The third kappa shape index (κ3) is 9.40. The number of amides is 5. The summed E-state index contributed by atoms with van der Waals surface area (Å²) in [5.74, 6) is -2.83. The van der Waals surface area contributed by atoms with Crippen LogP contribution in [0.1, 0.15) is 112 Å². The smallest absolute Gasteiger partial charge is 0.306 e. The highest BCUT2D eigenvalue weighted by atomic mass is 16.6. The Labute approximate surface area is 240 Å². The van der Waals surface area contributed by atoms with E-state index in [2.05, 4.69) is 10.6 Å². The minimum atomic E-state index is -1.07. The van der Waals surface area contributed by atoms with Crippen molar-refractivity contribution in [2.45, 2.75) is 103 Å². The molecule has 2 aliphatic rings. The molecule has 2 heterocycles. The Kier molecular flexibility index (Phi) is 11.4. The van der Waals surface area contributed by atoms with Crippen LogP contribution in [0.15, 0.2) is 18.2 Å². The number of hydrogen-bond donors (Lipinski definition) is 2. The van der Waals surface area contributed by atoms with Crippen LogP contribution in [-0.2, 0) is 23.9 Å². The third-order valence-electron chi connectivity index (χ3n) is 6.84. The van der Waals surface area contributed by atoms with Crippen LogP contribution in [0.5, 0.6) is 5.75 Å². The van der Waals surface area contributed by atoms with Gasteiger partial charge in [-0.3, -0.25) is 39.0 Å². The number of unbranched alkanes of at least 4 members (excludes halogenated alkanes) is 7. The van der Waals surface area contributed by atoms with Gasteiger partial charge >= 0.3 is 5.97 Å². The van der Waals surface area contributed by atoms with Crippen LogP contribution >= 0.6 is 0 Å². The van der Waals surface area contributed by atoms with Gasteiger partial charge in [-0.05, 0) is 52.2 Å². The van der Waals surface area contributed by atoms with Crippen LogP contribution in [0.3, 0.4) is 0 Å². The molecular weight excluding hydrogens is 530 g/mol. The van der Waals surface area contributed by atoms with Crippen molar-refractivity contribution in [1.29, 1.82) is 0 Å². The van der Waals surface area contributed by atoms with Crippen LogP contribution in [-0.4, -0.2) is 65.2 Å². The Bertz CT molecular complexity index is 1160. The third-order valence-corrected chi connectivity index (χ3v) is 6.84. The molecule has 11 nitrogen and oxygen atoms in total. The Hall–Kier alpha value is -3.76. The van der Waals surface area contributed by atoms with Gasteiger partial charge in [-0.2, -0.15) is 0 Å². The van der Waals surface area contributed by atoms with Crippen LogP contribution in [0.25, 0.3) is 0 Å². The van der Waals surface area contributed by atoms with E-state index in [0.29, 0.717) is 13.0 Å². The summed E-state index contributed by atoms with van der Waals surface area (Å²) in [7, 11) is 0. The Morgan fingerprint density at radius 3 is 2.27 bits per heavy atom. The topological polar surface area (TPSA) is 148 Å². The molecule has 0 radical (unpaired) electrons. The Balaban J connectivity index is 1.30. The fourth-order valence-electron chi connectivity index (χ4n) is 4.87. The van der Waals surface area contributed by atoms with E-state index in [-0.39, 0.29) is 48.2 Å². The normalized spacial score (nSPS) is 16.9. The van der Waals surface area contributed by atoms with E-state index in [9.17, 15) is 28.8 Å². The molecule has 1 saturated heterocycles. The minimum Gasteiger partial charge on any atom is -0.483 e. The van der Waals surface area contributed by atoms with Gasteiger partial charge in [0.25, 0.3) is 17.7 Å². The van der Waals surface area contributed by atoms with E-state index in [4.69, 9.17) is 9.47 Å². The molecule has 224 valence electrons. The molecule has 1 aromatic carbocycles. The fraction of sp³-hybridized carbons (Fsp3) is 0.600. The molecule has 3 rings (SSSR count). The lowest BCUT2D eigenvalue weighted by Crippen LogP contribution is -2.54. The lowest BCUT2D eigenvalue weighted by molar-refractivity contribution is -0.155. The molecular formula is C30H41N3O8. The van der Waals surface area contributed by atoms with Gasteiger partial charge in [-0.25, -0.2) is 0 Å². The van der Waals surface area contributed by atoms with E-state index >= 15 is 0 Å². The van der Waals surface area contributed by atoms with Crippen LogP contribution in [0.4, 0.5) is 0 Å². The second-order valence-corrected chi connectivity index (χ2v) is 11.4. The molecule has 5 amide bonds. The van der Waals surface area contributed by atoms with E-state index in [0.717, 1.165) is 56.3 Å². The van der Waals surface area contributed by atoms with E-state index in [1.807, 2.05) is 20.8 Å². The van der Waals surface area contributed by atoms with Gasteiger partial charge in [0.2, 0.25) is 11.8 Å². The molecule has 41 heavy (non-hydrogen) atoms. The first kappa shape index (κ1) is 31.8. The molecule has 0 aromatic heterocycles. The molecule has 0 saturated carbocycles. The molecule has 1 fully saturated rings. The van der Waals surface area contributed by atoms with Gasteiger partial charge in [0.05, 0.1) is 11.1 Å². The number of hydrogen-bond acceptors (Lipinski definition) is 8. The number of imide groups is 2. The highest BCUT2D eigenvalue weighted by molar-refractivity contribution is 6.24. The molecule has 2 N–H and O–H groups in total. The lowest BCUT2D eigenvalue weighted by Gasteiger charge is -2.27. The van der Waals surface area contributed by atoms with Crippen molar-refractivity contribution >= 4 is 35.5 Å². The van der Waals surface area contributed by atoms with Gasteiger partial charge < -0.3 is 14.8 Å². The maximum absolute atomic E-state index is 13.1. The molecule has 1 aromatic rings. The summed E-state index contributed by atoms with van der Waals surface area (Å²) in [4.78, 5) is 74.5. The Morgan fingerprint density at radius 1 is 0.951 bits per heavy atom. The van der Waals surface area contributed by atoms with Crippen molar-refractivity contribution in [3.63, 3.8) is 0 Å². The first-order chi connectivity index (χ1) is 19.5. The van der Waals surface area contributed by atoms with Crippen molar-refractivity contribution in [1.82, 2.24) is 15.5 Å². The number of esters is 1. The van der Waals surface area contributed by atoms with E-state index in [1.54, 1.807) is 6.07 Å². The summed E-state index contributed by atoms with van der Waals surface area (Å²) >= 11 is 0. The number of piperidine rings is 1. The maximum atomic E-state index is 13.1. The van der Waals surface area contributed by atoms with E-state index in [1.165, 1.54) is 12.1 Å². The minimum absolute atomic E-state index is 0.0137. The number of fused-ring (bicyclic) bond motifs is 1. The number of carbonyl (C=O) groups excluding carboxylic acids is 6. The average Bonchev–Trinajstić information content (AvgIpc) is 3.15. The summed E-state index contributed by atoms with van der Waals surface area (Å²) in [5.41, 5.74) is -0.322. The van der Waals surface area contributed by atoms with E-state index < -0.39 is 35.3 Å². The summed E-state index contributed by atoms with van der Waals surface area (Å²) in [5, 5.41) is 4.96. The second-order valence-electron chi connectivity index (χ2n) is 11.4. The molecule has 1 atom stereocenters. The van der Waals surface area contributed by atoms with Crippen molar-refractivity contribution < 1.29 is 38.2 Å². The number of rotatable bonds is 15. The number of benzene rings is 1. The van der Waals surface area contributed by atoms with Crippen LogP contribution in [0.2, 0.25) is 0 Å². The zero-order valence-electron chi connectivity index (χ0n) is 24.2. The van der Waals surface area contributed by atoms with Crippen LogP contribution in [0, 0.1) is 0 Å². The van der Waals surface area contributed by atoms with Crippen molar-refractivity contribution in [3.05, 3.63) is 29.3 Å². The zero-order valence-corrected chi connectivity index (χ0v) is 24.2. The highest BCUT2D eigenvalue weighted by Gasteiger charge is 2.46.